The molecule has 4 nitrogen and oxygen atoms in total. The molecule has 0 aromatic carbocycles. The van der Waals surface area contributed by atoms with E-state index in [-0.39, 0.29) is 13.4 Å². The van der Waals surface area contributed by atoms with Crippen LogP contribution in [0, 0.1) is 0 Å². The summed E-state index contributed by atoms with van der Waals surface area (Å²) in [6.45, 7) is 1.49. The predicted octanol–water partition coefficient (Wildman–Crippen LogP) is -0.258. The Labute approximate surface area is 66.7 Å². The Kier molecular flexibility index (Phi) is 9.70. The lowest BCUT2D eigenvalue weighted by atomic mass is 10.3. The number of hydrogen-bond acceptors (Lipinski definition) is 4. The predicted molar refractivity (Wildman–Crippen MR) is 40.2 cm³/mol. The van der Waals surface area contributed by atoms with E-state index in [0.717, 1.165) is 12.8 Å². The van der Waals surface area contributed by atoms with Crippen LogP contribution in [0.25, 0.3) is 0 Å². The van der Waals surface area contributed by atoms with E-state index < -0.39 is 0 Å². The van der Waals surface area contributed by atoms with E-state index in [1.165, 1.54) is 0 Å². The lowest BCUT2D eigenvalue weighted by Crippen LogP contribution is -2.02. The van der Waals surface area contributed by atoms with Crippen molar-refractivity contribution in [3.8, 4) is 0 Å². The fraction of sp³-hybridized carbons (Fsp3) is 1.00. The van der Waals surface area contributed by atoms with Gasteiger partial charge in [-0.2, -0.15) is 0 Å². The SMILES string of the molecule is OCCOCCCCOCO. The van der Waals surface area contributed by atoms with E-state index in [1.807, 2.05) is 0 Å². The molecule has 0 unspecified atom stereocenters. The molecule has 0 radical (unpaired) electrons. The fourth-order valence-electron chi connectivity index (χ4n) is 0.639. The van der Waals surface area contributed by atoms with Crippen molar-refractivity contribution >= 4 is 0 Å². The minimum Gasteiger partial charge on any atom is -0.394 e. The molecule has 2 N–H and O–H groups in total. The second-order valence-corrected chi connectivity index (χ2v) is 2.08. The van der Waals surface area contributed by atoms with Gasteiger partial charge in [0.2, 0.25) is 0 Å². The second kappa shape index (κ2) is 9.84. The highest BCUT2D eigenvalue weighted by atomic mass is 16.6. The first-order valence-electron chi connectivity index (χ1n) is 3.79. The quantitative estimate of drug-likeness (QED) is 0.383. The van der Waals surface area contributed by atoms with Gasteiger partial charge in [-0.05, 0) is 12.8 Å². The molecular weight excluding hydrogens is 148 g/mol. The summed E-state index contributed by atoms with van der Waals surface area (Å²) in [5.41, 5.74) is 0. The molecule has 4 heteroatoms. The van der Waals surface area contributed by atoms with Crippen LogP contribution in [0.2, 0.25) is 0 Å². The molecule has 0 rings (SSSR count). The van der Waals surface area contributed by atoms with E-state index in [1.54, 1.807) is 0 Å². The molecule has 0 amide bonds. The third-order valence-corrected chi connectivity index (χ3v) is 1.15. The van der Waals surface area contributed by atoms with Crippen LogP contribution in [0.4, 0.5) is 0 Å². The van der Waals surface area contributed by atoms with E-state index in [0.29, 0.717) is 19.8 Å². The maximum atomic E-state index is 8.32. The normalized spacial score (nSPS) is 10.4. The molecule has 0 aliphatic carbocycles. The van der Waals surface area contributed by atoms with Gasteiger partial charge in [-0.1, -0.05) is 0 Å². The van der Waals surface area contributed by atoms with Crippen LogP contribution in [0.3, 0.4) is 0 Å². The average Bonchev–Trinajstić information content (AvgIpc) is 2.03. The van der Waals surface area contributed by atoms with Crippen LogP contribution >= 0.6 is 0 Å². The zero-order valence-corrected chi connectivity index (χ0v) is 6.66. The fourth-order valence-corrected chi connectivity index (χ4v) is 0.639. The van der Waals surface area contributed by atoms with Crippen molar-refractivity contribution in [2.45, 2.75) is 12.8 Å². The van der Waals surface area contributed by atoms with Gasteiger partial charge in [0.1, 0.15) is 6.79 Å². The van der Waals surface area contributed by atoms with Crippen molar-refractivity contribution in [1.29, 1.82) is 0 Å². The van der Waals surface area contributed by atoms with Gasteiger partial charge in [0.15, 0.2) is 0 Å². The average molecular weight is 164 g/mol. The lowest BCUT2D eigenvalue weighted by Gasteiger charge is -2.01. The van der Waals surface area contributed by atoms with E-state index in [9.17, 15) is 0 Å². The molecule has 0 saturated heterocycles. The van der Waals surface area contributed by atoms with Crippen LogP contribution in [-0.2, 0) is 9.47 Å². The molecule has 0 atom stereocenters. The van der Waals surface area contributed by atoms with Crippen LogP contribution in [0.1, 0.15) is 12.8 Å². The Hall–Kier alpha value is -0.160. The molecule has 0 aliphatic heterocycles. The first-order valence-corrected chi connectivity index (χ1v) is 3.79. The number of aliphatic hydroxyl groups excluding tert-OH is 2. The summed E-state index contributed by atoms with van der Waals surface area (Å²) >= 11 is 0. The smallest absolute Gasteiger partial charge is 0.143 e. The first kappa shape index (κ1) is 10.8. The molecule has 0 heterocycles. The summed E-state index contributed by atoms with van der Waals surface area (Å²) in [6.07, 6.45) is 1.78. The van der Waals surface area contributed by atoms with Crippen molar-refractivity contribution in [2.75, 3.05) is 33.2 Å². The number of aliphatic hydroxyl groups is 2. The summed E-state index contributed by atoms with van der Waals surface area (Å²) in [7, 11) is 0. The number of unbranched alkanes of at least 4 members (excludes halogenated alkanes) is 1. The Morgan fingerprint density at radius 3 is 2.00 bits per heavy atom. The molecule has 68 valence electrons. The van der Waals surface area contributed by atoms with Gasteiger partial charge >= 0.3 is 0 Å². The minimum absolute atomic E-state index is 0.0765. The molecule has 0 saturated carbocycles. The highest BCUT2D eigenvalue weighted by molar-refractivity contribution is 4.36. The van der Waals surface area contributed by atoms with E-state index in [4.69, 9.17) is 19.7 Å². The third kappa shape index (κ3) is 9.84. The molecule has 0 spiro atoms. The summed E-state index contributed by atoms with van der Waals surface area (Å²) in [5, 5.41) is 16.5. The Balaban J connectivity index is 2.69. The standard InChI is InChI=1S/C7H16O4/c8-3-6-10-4-1-2-5-11-7-9/h8-9H,1-7H2. The van der Waals surface area contributed by atoms with Crippen molar-refractivity contribution < 1.29 is 19.7 Å². The number of hydrogen-bond donors (Lipinski definition) is 2. The molecular formula is C7H16O4. The molecule has 0 fully saturated rings. The number of rotatable bonds is 8. The van der Waals surface area contributed by atoms with Gasteiger partial charge in [-0.3, -0.25) is 0 Å². The molecule has 0 aromatic heterocycles. The summed E-state index contributed by atoms with van der Waals surface area (Å²) < 4.78 is 9.69. The number of ether oxygens (including phenoxy) is 2. The molecule has 0 bridgehead atoms. The van der Waals surface area contributed by atoms with Gasteiger partial charge in [-0.15, -0.1) is 0 Å². The maximum absolute atomic E-state index is 8.32. The Morgan fingerprint density at radius 1 is 0.818 bits per heavy atom. The van der Waals surface area contributed by atoms with Crippen LogP contribution in [-0.4, -0.2) is 43.4 Å². The van der Waals surface area contributed by atoms with Crippen LogP contribution in [0.15, 0.2) is 0 Å². The Bertz CT molecular complexity index is 59.5. The monoisotopic (exact) mass is 164 g/mol. The topological polar surface area (TPSA) is 58.9 Å². The molecule has 11 heavy (non-hydrogen) atoms. The van der Waals surface area contributed by atoms with E-state index >= 15 is 0 Å². The largest absolute Gasteiger partial charge is 0.394 e. The minimum atomic E-state index is -0.211. The zero-order valence-electron chi connectivity index (χ0n) is 6.66. The van der Waals surface area contributed by atoms with Gasteiger partial charge < -0.3 is 19.7 Å². The van der Waals surface area contributed by atoms with Crippen molar-refractivity contribution in [3.05, 3.63) is 0 Å². The maximum Gasteiger partial charge on any atom is 0.143 e. The van der Waals surface area contributed by atoms with Crippen LogP contribution in [0.5, 0.6) is 0 Å². The summed E-state index contributed by atoms with van der Waals surface area (Å²) in [4.78, 5) is 0. The highest BCUT2D eigenvalue weighted by Crippen LogP contribution is 1.90. The highest BCUT2D eigenvalue weighted by Gasteiger charge is 1.88. The molecule has 0 aliphatic rings. The third-order valence-electron chi connectivity index (χ3n) is 1.15. The van der Waals surface area contributed by atoms with Gasteiger partial charge in [0.25, 0.3) is 0 Å². The molecule has 0 aromatic rings. The summed E-state index contributed by atoms with van der Waals surface area (Å²) in [6, 6.07) is 0. The Morgan fingerprint density at radius 2 is 1.45 bits per heavy atom. The van der Waals surface area contributed by atoms with E-state index in [2.05, 4.69) is 0 Å². The van der Waals surface area contributed by atoms with Crippen LogP contribution < -0.4 is 0 Å². The van der Waals surface area contributed by atoms with Gasteiger partial charge in [0.05, 0.1) is 13.2 Å². The van der Waals surface area contributed by atoms with Gasteiger partial charge in [-0.25, -0.2) is 0 Å². The lowest BCUT2D eigenvalue weighted by molar-refractivity contribution is -0.00547. The second-order valence-electron chi connectivity index (χ2n) is 2.08. The van der Waals surface area contributed by atoms with Gasteiger partial charge in [0, 0.05) is 13.2 Å². The first-order chi connectivity index (χ1) is 5.41. The summed E-state index contributed by atoms with van der Waals surface area (Å²) in [5.74, 6) is 0. The zero-order chi connectivity index (χ0) is 8.36. The van der Waals surface area contributed by atoms with Crippen molar-refractivity contribution in [1.82, 2.24) is 0 Å². The van der Waals surface area contributed by atoms with Crippen molar-refractivity contribution in [2.24, 2.45) is 0 Å². The van der Waals surface area contributed by atoms with Crippen molar-refractivity contribution in [3.63, 3.8) is 0 Å².